The molecule has 0 aromatic rings. The van der Waals surface area contributed by atoms with Crippen molar-refractivity contribution in [3.05, 3.63) is 0 Å². The number of hydrogen-bond acceptors (Lipinski definition) is 5. The second-order valence-electron chi connectivity index (χ2n) is 7.79. The molecule has 0 aromatic heterocycles. The van der Waals surface area contributed by atoms with Gasteiger partial charge in [0.2, 0.25) is 0 Å². The molecule has 0 saturated heterocycles. The Morgan fingerprint density at radius 2 is 0.839 bits per heavy atom. The Morgan fingerprint density at radius 3 is 1.13 bits per heavy atom. The highest BCUT2D eigenvalue weighted by Crippen LogP contribution is 2.34. The predicted molar refractivity (Wildman–Crippen MR) is 109 cm³/mol. The smallest absolute Gasteiger partial charge is 0.333 e. The van der Waals surface area contributed by atoms with Gasteiger partial charge in [0.1, 0.15) is 0 Å². The molecule has 31 heavy (non-hydrogen) atoms. The molecule has 5 N–H and O–H groups in total. The third-order valence-electron chi connectivity index (χ3n) is 5.47. The molecule has 0 rings (SSSR count). The fraction of sp³-hybridized carbons (Fsp3) is 0.762. The first-order valence-electron chi connectivity index (χ1n) is 10.7. The fourth-order valence-corrected chi connectivity index (χ4v) is 3.64. The SMILES string of the molecule is O=C(O)CCCCCCCCCCCCCCC(C(=O)O)C(C(=O)O)(C(=O)O)C(=O)O. The van der Waals surface area contributed by atoms with Gasteiger partial charge < -0.3 is 25.5 Å². The average molecular weight is 446 g/mol. The van der Waals surface area contributed by atoms with Gasteiger partial charge in [0.05, 0.1) is 5.92 Å². The third-order valence-corrected chi connectivity index (χ3v) is 5.47. The van der Waals surface area contributed by atoms with Crippen LogP contribution in [-0.2, 0) is 24.0 Å². The van der Waals surface area contributed by atoms with Gasteiger partial charge in [0, 0.05) is 6.42 Å². The minimum absolute atomic E-state index is 0.219. The van der Waals surface area contributed by atoms with Gasteiger partial charge in [-0.25, -0.2) is 0 Å². The van der Waals surface area contributed by atoms with Crippen molar-refractivity contribution in [1.29, 1.82) is 0 Å². The summed E-state index contributed by atoms with van der Waals surface area (Å²) in [5.41, 5.74) is -3.40. The number of carboxylic acid groups (broad SMARTS) is 5. The van der Waals surface area contributed by atoms with Crippen LogP contribution in [0.4, 0.5) is 0 Å². The molecule has 0 aliphatic heterocycles. The highest BCUT2D eigenvalue weighted by Gasteiger charge is 2.62. The van der Waals surface area contributed by atoms with Crippen molar-refractivity contribution in [1.82, 2.24) is 0 Å². The molecule has 10 heteroatoms. The Kier molecular flexibility index (Phi) is 13.9. The Hall–Kier alpha value is -2.65. The number of aliphatic carboxylic acids is 5. The summed E-state index contributed by atoms with van der Waals surface area (Å²) in [5.74, 6) is -11.2. The molecule has 0 aliphatic carbocycles. The van der Waals surface area contributed by atoms with Crippen molar-refractivity contribution < 1.29 is 49.5 Å². The maximum atomic E-state index is 11.4. The fourth-order valence-electron chi connectivity index (χ4n) is 3.64. The van der Waals surface area contributed by atoms with Gasteiger partial charge >= 0.3 is 29.8 Å². The second-order valence-corrected chi connectivity index (χ2v) is 7.79. The van der Waals surface area contributed by atoms with E-state index in [9.17, 15) is 29.1 Å². The zero-order valence-electron chi connectivity index (χ0n) is 17.8. The molecule has 0 saturated carbocycles. The van der Waals surface area contributed by atoms with Gasteiger partial charge in [-0.1, -0.05) is 70.6 Å². The van der Waals surface area contributed by atoms with Crippen LogP contribution in [-0.4, -0.2) is 55.4 Å². The van der Waals surface area contributed by atoms with Crippen LogP contribution >= 0.6 is 0 Å². The molecule has 0 spiro atoms. The van der Waals surface area contributed by atoms with Gasteiger partial charge in [-0.3, -0.25) is 24.0 Å². The van der Waals surface area contributed by atoms with Crippen LogP contribution in [0.2, 0.25) is 0 Å². The number of rotatable bonds is 20. The maximum Gasteiger partial charge on any atom is 0.333 e. The minimum atomic E-state index is -3.40. The van der Waals surface area contributed by atoms with E-state index in [-0.39, 0.29) is 19.3 Å². The van der Waals surface area contributed by atoms with Gasteiger partial charge in [-0.15, -0.1) is 0 Å². The molecule has 0 aromatic carbocycles. The zero-order chi connectivity index (χ0) is 23.9. The van der Waals surface area contributed by atoms with Crippen LogP contribution in [0.5, 0.6) is 0 Å². The van der Waals surface area contributed by atoms with E-state index >= 15 is 0 Å². The highest BCUT2D eigenvalue weighted by molar-refractivity contribution is 6.18. The van der Waals surface area contributed by atoms with Crippen LogP contribution in [0.1, 0.15) is 89.9 Å². The Bertz CT molecular complexity index is 577. The quantitative estimate of drug-likeness (QED) is 0.137. The molecule has 0 radical (unpaired) electrons. The topological polar surface area (TPSA) is 186 Å². The Morgan fingerprint density at radius 1 is 0.516 bits per heavy atom. The predicted octanol–water partition coefficient (Wildman–Crippen LogP) is 3.47. The van der Waals surface area contributed by atoms with E-state index < -0.39 is 41.2 Å². The van der Waals surface area contributed by atoms with Crippen molar-refractivity contribution in [2.24, 2.45) is 11.3 Å². The molecule has 0 fully saturated rings. The van der Waals surface area contributed by atoms with Crippen LogP contribution in [0, 0.1) is 11.3 Å². The molecular weight excluding hydrogens is 412 g/mol. The van der Waals surface area contributed by atoms with Crippen LogP contribution in [0.25, 0.3) is 0 Å². The second kappa shape index (κ2) is 15.2. The zero-order valence-corrected chi connectivity index (χ0v) is 17.8. The molecule has 178 valence electrons. The third kappa shape index (κ3) is 9.80. The Balaban J connectivity index is 4.10. The van der Waals surface area contributed by atoms with Crippen molar-refractivity contribution in [2.75, 3.05) is 0 Å². The van der Waals surface area contributed by atoms with Crippen LogP contribution in [0.3, 0.4) is 0 Å². The van der Waals surface area contributed by atoms with E-state index in [1.165, 1.54) is 0 Å². The lowest BCUT2D eigenvalue weighted by Gasteiger charge is -2.26. The van der Waals surface area contributed by atoms with Crippen molar-refractivity contribution in [3.8, 4) is 0 Å². The summed E-state index contributed by atoms with van der Waals surface area (Å²) in [4.78, 5) is 55.9. The lowest BCUT2D eigenvalue weighted by atomic mass is 9.72. The standard InChI is InChI=1S/C21H34O10/c22-16(23)14-12-10-8-6-4-2-1-3-5-7-9-11-13-15(17(24)25)21(18(26)27,19(28)29)20(30)31/h15H,1-14H2,(H,22,23)(H,24,25)(H,26,27)(H,28,29)(H,30,31). The molecule has 1 unspecified atom stereocenters. The molecule has 0 heterocycles. The normalized spacial score (nSPS) is 12.3. The molecule has 0 bridgehead atoms. The van der Waals surface area contributed by atoms with E-state index in [2.05, 4.69) is 0 Å². The van der Waals surface area contributed by atoms with Gasteiger partial charge in [-0.2, -0.15) is 0 Å². The van der Waals surface area contributed by atoms with Crippen molar-refractivity contribution in [2.45, 2.75) is 89.9 Å². The van der Waals surface area contributed by atoms with Crippen LogP contribution < -0.4 is 0 Å². The number of carbonyl (C=O) groups is 5. The first kappa shape index (κ1) is 28.4. The summed E-state index contributed by atoms with van der Waals surface area (Å²) < 4.78 is 0. The van der Waals surface area contributed by atoms with Gasteiger partial charge in [-0.05, 0) is 12.8 Å². The summed E-state index contributed by atoms with van der Waals surface area (Å²) in [6, 6.07) is 0. The van der Waals surface area contributed by atoms with Crippen LogP contribution in [0.15, 0.2) is 0 Å². The number of carboxylic acids is 5. The first-order valence-corrected chi connectivity index (χ1v) is 10.7. The van der Waals surface area contributed by atoms with Crippen molar-refractivity contribution in [3.63, 3.8) is 0 Å². The van der Waals surface area contributed by atoms with Gasteiger partial charge in [0.25, 0.3) is 5.41 Å². The summed E-state index contributed by atoms with van der Waals surface area (Å²) in [6.07, 6.45) is 10.3. The monoisotopic (exact) mass is 446 g/mol. The maximum absolute atomic E-state index is 11.4. The summed E-state index contributed by atoms with van der Waals surface area (Å²) in [5, 5.41) is 45.3. The summed E-state index contributed by atoms with van der Waals surface area (Å²) >= 11 is 0. The molecular formula is C21H34O10. The average Bonchev–Trinajstić information content (AvgIpc) is 2.65. The summed E-state index contributed by atoms with van der Waals surface area (Å²) in [6.45, 7) is 0. The molecule has 0 aliphatic rings. The largest absolute Gasteiger partial charge is 0.481 e. The van der Waals surface area contributed by atoms with E-state index in [4.69, 9.17) is 20.4 Å². The van der Waals surface area contributed by atoms with E-state index in [0.29, 0.717) is 12.8 Å². The number of hydrogen-bond donors (Lipinski definition) is 5. The number of unbranched alkanes of at least 4 members (excludes halogenated alkanes) is 11. The highest BCUT2D eigenvalue weighted by atomic mass is 16.4. The lowest BCUT2D eigenvalue weighted by Crippen LogP contribution is -2.54. The minimum Gasteiger partial charge on any atom is -0.481 e. The lowest BCUT2D eigenvalue weighted by molar-refractivity contribution is -0.186. The van der Waals surface area contributed by atoms with E-state index in [0.717, 1.165) is 57.8 Å². The van der Waals surface area contributed by atoms with Gasteiger partial charge in [0.15, 0.2) is 0 Å². The molecule has 0 amide bonds. The van der Waals surface area contributed by atoms with E-state index in [1.54, 1.807) is 0 Å². The Labute approximate surface area is 181 Å². The first-order chi connectivity index (χ1) is 14.6. The van der Waals surface area contributed by atoms with Crippen molar-refractivity contribution >= 4 is 29.8 Å². The molecule has 10 nitrogen and oxygen atoms in total. The molecule has 1 atom stereocenters. The summed E-state index contributed by atoms with van der Waals surface area (Å²) in [7, 11) is 0. The van der Waals surface area contributed by atoms with E-state index in [1.807, 2.05) is 0 Å².